The van der Waals surface area contributed by atoms with Gasteiger partial charge in [0.25, 0.3) is 11.8 Å². The van der Waals surface area contributed by atoms with Gasteiger partial charge in [-0.05, 0) is 37.6 Å². The Kier molecular flexibility index (Phi) is 7.08. The summed E-state index contributed by atoms with van der Waals surface area (Å²) >= 11 is 0. The first-order chi connectivity index (χ1) is 13.4. The first kappa shape index (κ1) is 20.9. The van der Waals surface area contributed by atoms with Gasteiger partial charge in [0.2, 0.25) is 5.75 Å². The van der Waals surface area contributed by atoms with E-state index in [0.29, 0.717) is 23.0 Å². The molecule has 0 aliphatic rings. The molecule has 1 atom stereocenters. The minimum atomic E-state index is -0.804. The second-order valence-electron chi connectivity index (χ2n) is 5.88. The molecule has 0 fully saturated rings. The smallest absolute Gasteiger partial charge is 0.279 e. The van der Waals surface area contributed by atoms with Crippen molar-refractivity contribution in [3.05, 3.63) is 47.5 Å². The van der Waals surface area contributed by atoms with Crippen LogP contribution < -0.4 is 29.8 Å². The maximum Gasteiger partial charge on any atom is 0.279 e. The Balaban J connectivity index is 2.03. The van der Waals surface area contributed by atoms with Crippen molar-refractivity contribution in [2.24, 2.45) is 0 Å². The monoisotopic (exact) mass is 388 g/mol. The molecule has 2 N–H and O–H groups in total. The van der Waals surface area contributed by atoms with Crippen LogP contribution in [0.25, 0.3) is 0 Å². The summed E-state index contributed by atoms with van der Waals surface area (Å²) < 4.78 is 21.3. The molecule has 0 heterocycles. The molecule has 0 aliphatic carbocycles. The third kappa shape index (κ3) is 4.85. The Labute approximate surface area is 163 Å². The number of carbonyl (C=O) groups is 2. The average Bonchev–Trinajstić information content (AvgIpc) is 2.71. The zero-order valence-electron chi connectivity index (χ0n) is 16.5. The molecule has 1 unspecified atom stereocenters. The number of hydrazine groups is 1. The van der Waals surface area contributed by atoms with Crippen molar-refractivity contribution in [3.63, 3.8) is 0 Å². The Morgan fingerprint density at radius 3 is 2.04 bits per heavy atom. The summed E-state index contributed by atoms with van der Waals surface area (Å²) in [6, 6.07) is 10.3. The zero-order valence-corrected chi connectivity index (χ0v) is 16.5. The van der Waals surface area contributed by atoms with E-state index in [1.807, 2.05) is 25.1 Å². The lowest BCUT2D eigenvalue weighted by Crippen LogP contribution is -2.47. The largest absolute Gasteiger partial charge is 0.493 e. The Morgan fingerprint density at radius 2 is 1.50 bits per heavy atom. The lowest BCUT2D eigenvalue weighted by molar-refractivity contribution is -0.128. The number of para-hydroxylation sites is 1. The third-order valence-corrected chi connectivity index (χ3v) is 3.99. The Morgan fingerprint density at radius 1 is 0.893 bits per heavy atom. The molecular formula is C20H24N2O6. The molecule has 8 heteroatoms. The van der Waals surface area contributed by atoms with Gasteiger partial charge in [0, 0.05) is 5.56 Å². The maximum absolute atomic E-state index is 12.4. The van der Waals surface area contributed by atoms with E-state index in [2.05, 4.69) is 10.9 Å². The van der Waals surface area contributed by atoms with E-state index in [9.17, 15) is 9.59 Å². The standard InChI is InChI=1S/C20H24N2O6/c1-12-8-6-7-9-15(12)28-13(2)19(23)21-22-20(24)14-10-16(25-3)18(27-5)17(11-14)26-4/h6-11,13H,1-5H3,(H,21,23)(H,22,24). The van der Waals surface area contributed by atoms with Gasteiger partial charge in [0.1, 0.15) is 5.75 Å². The lowest BCUT2D eigenvalue weighted by Gasteiger charge is -2.17. The summed E-state index contributed by atoms with van der Waals surface area (Å²) in [6.45, 7) is 3.47. The molecule has 0 radical (unpaired) electrons. The van der Waals surface area contributed by atoms with Crippen LogP contribution in [0.1, 0.15) is 22.8 Å². The van der Waals surface area contributed by atoms with Crippen LogP contribution >= 0.6 is 0 Å². The number of carbonyl (C=O) groups excluding carboxylic acids is 2. The van der Waals surface area contributed by atoms with E-state index < -0.39 is 17.9 Å². The number of ether oxygens (including phenoxy) is 4. The molecule has 0 aliphatic heterocycles. The van der Waals surface area contributed by atoms with Crippen molar-refractivity contribution in [1.29, 1.82) is 0 Å². The van der Waals surface area contributed by atoms with Crippen LogP contribution in [-0.2, 0) is 4.79 Å². The summed E-state index contributed by atoms with van der Waals surface area (Å²) in [5.74, 6) is 0.579. The van der Waals surface area contributed by atoms with Gasteiger partial charge < -0.3 is 18.9 Å². The zero-order chi connectivity index (χ0) is 20.7. The highest BCUT2D eigenvalue weighted by atomic mass is 16.5. The van der Waals surface area contributed by atoms with Crippen molar-refractivity contribution in [3.8, 4) is 23.0 Å². The van der Waals surface area contributed by atoms with Crippen LogP contribution in [0.4, 0.5) is 0 Å². The van der Waals surface area contributed by atoms with Crippen molar-refractivity contribution in [1.82, 2.24) is 10.9 Å². The molecule has 0 bridgehead atoms. The number of benzene rings is 2. The van der Waals surface area contributed by atoms with Gasteiger partial charge in [0.15, 0.2) is 17.6 Å². The van der Waals surface area contributed by atoms with Crippen LogP contribution in [0.15, 0.2) is 36.4 Å². The van der Waals surface area contributed by atoms with E-state index >= 15 is 0 Å². The second-order valence-corrected chi connectivity index (χ2v) is 5.88. The molecule has 2 aromatic rings. The Bertz CT molecular complexity index is 827. The lowest BCUT2D eigenvalue weighted by atomic mass is 10.1. The van der Waals surface area contributed by atoms with Crippen LogP contribution in [0.2, 0.25) is 0 Å². The number of hydrogen-bond donors (Lipinski definition) is 2. The quantitative estimate of drug-likeness (QED) is 0.707. The number of rotatable bonds is 7. The highest BCUT2D eigenvalue weighted by molar-refractivity contribution is 5.97. The van der Waals surface area contributed by atoms with Gasteiger partial charge in [-0.3, -0.25) is 20.4 Å². The molecule has 8 nitrogen and oxygen atoms in total. The fraction of sp³-hybridized carbons (Fsp3) is 0.300. The van der Waals surface area contributed by atoms with E-state index in [0.717, 1.165) is 5.56 Å². The van der Waals surface area contributed by atoms with Gasteiger partial charge in [-0.25, -0.2) is 0 Å². The summed E-state index contributed by atoms with van der Waals surface area (Å²) in [6.07, 6.45) is -0.804. The molecule has 0 saturated carbocycles. The van der Waals surface area contributed by atoms with Crippen molar-refractivity contribution in [2.45, 2.75) is 20.0 Å². The SMILES string of the molecule is COc1cc(C(=O)NNC(=O)C(C)Oc2ccccc2C)cc(OC)c1OC. The third-order valence-electron chi connectivity index (χ3n) is 3.99. The first-order valence-electron chi connectivity index (χ1n) is 8.53. The fourth-order valence-corrected chi connectivity index (χ4v) is 2.44. The molecular weight excluding hydrogens is 364 g/mol. The summed E-state index contributed by atoms with van der Waals surface area (Å²) in [5, 5.41) is 0. The summed E-state index contributed by atoms with van der Waals surface area (Å²) in [4.78, 5) is 24.6. The minimum Gasteiger partial charge on any atom is -0.493 e. The summed E-state index contributed by atoms with van der Waals surface area (Å²) in [7, 11) is 4.37. The molecule has 0 aromatic heterocycles. The predicted octanol–water partition coefficient (Wildman–Crippen LogP) is 2.25. The van der Waals surface area contributed by atoms with Crippen LogP contribution in [0, 0.1) is 6.92 Å². The Hall–Kier alpha value is -3.42. The molecule has 2 rings (SSSR count). The average molecular weight is 388 g/mol. The summed E-state index contributed by atoms with van der Waals surface area (Å²) in [5.41, 5.74) is 5.83. The fourth-order valence-electron chi connectivity index (χ4n) is 2.44. The molecule has 150 valence electrons. The molecule has 2 aromatic carbocycles. The normalized spacial score (nSPS) is 11.2. The second kappa shape index (κ2) is 9.50. The van der Waals surface area contributed by atoms with E-state index in [1.165, 1.54) is 33.5 Å². The topological polar surface area (TPSA) is 95.1 Å². The first-order valence-corrected chi connectivity index (χ1v) is 8.53. The van der Waals surface area contributed by atoms with Crippen LogP contribution in [-0.4, -0.2) is 39.2 Å². The maximum atomic E-state index is 12.4. The number of aryl methyl sites for hydroxylation is 1. The van der Waals surface area contributed by atoms with Gasteiger partial charge in [-0.2, -0.15) is 0 Å². The predicted molar refractivity (Wildman–Crippen MR) is 103 cm³/mol. The highest BCUT2D eigenvalue weighted by Crippen LogP contribution is 2.38. The molecule has 2 amide bonds. The van der Waals surface area contributed by atoms with Gasteiger partial charge >= 0.3 is 0 Å². The van der Waals surface area contributed by atoms with E-state index in [1.54, 1.807) is 13.0 Å². The minimum absolute atomic E-state index is 0.224. The van der Waals surface area contributed by atoms with Crippen LogP contribution in [0.5, 0.6) is 23.0 Å². The van der Waals surface area contributed by atoms with Gasteiger partial charge in [-0.1, -0.05) is 18.2 Å². The van der Waals surface area contributed by atoms with Crippen molar-refractivity contribution >= 4 is 11.8 Å². The molecule has 0 saturated heterocycles. The number of methoxy groups -OCH3 is 3. The number of nitrogens with one attached hydrogen (secondary N) is 2. The molecule has 0 spiro atoms. The van der Waals surface area contributed by atoms with Crippen molar-refractivity contribution in [2.75, 3.05) is 21.3 Å². The number of hydrogen-bond acceptors (Lipinski definition) is 6. The van der Waals surface area contributed by atoms with E-state index in [-0.39, 0.29) is 5.56 Å². The van der Waals surface area contributed by atoms with E-state index in [4.69, 9.17) is 18.9 Å². The number of amides is 2. The van der Waals surface area contributed by atoms with Gasteiger partial charge in [0.05, 0.1) is 21.3 Å². The van der Waals surface area contributed by atoms with Gasteiger partial charge in [-0.15, -0.1) is 0 Å². The molecule has 28 heavy (non-hydrogen) atoms. The van der Waals surface area contributed by atoms with Crippen LogP contribution in [0.3, 0.4) is 0 Å². The van der Waals surface area contributed by atoms with Crippen molar-refractivity contribution < 1.29 is 28.5 Å². The highest BCUT2D eigenvalue weighted by Gasteiger charge is 2.19.